The van der Waals surface area contributed by atoms with Crippen LogP contribution in [0.2, 0.25) is 0 Å². The molecular formula is C49H37N. The van der Waals surface area contributed by atoms with Gasteiger partial charge in [-0.2, -0.15) is 0 Å². The molecule has 0 fully saturated rings. The van der Waals surface area contributed by atoms with Gasteiger partial charge in [-0.1, -0.05) is 141 Å². The fourth-order valence-electron chi connectivity index (χ4n) is 8.85. The van der Waals surface area contributed by atoms with Gasteiger partial charge < -0.3 is 4.57 Å². The van der Waals surface area contributed by atoms with Gasteiger partial charge in [-0.15, -0.1) is 0 Å². The lowest BCUT2D eigenvalue weighted by Gasteiger charge is -2.22. The Bertz CT molecular complexity index is 2840. The highest BCUT2D eigenvalue weighted by atomic mass is 15.0. The van der Waals surface area contributed by atoms with Crippen molar-refractivity contribution < 1.29 is 0 Å². The van der Waals surface area contributed by atoms with E-state index in [1.54, 1.807) is 0 Å². The first kappa shape index (κ1) is 29.0. The third-order valence-corrected chi connectivity index (χ3v) is 11.6. The second-order valence-electron chi connectivity index (χ2n) is 14.6. The molecule has 10 rings (SSSR count). The van der Waals surface area contributed by atoms with Gasteiger partial charge in [0.05, 0.1) is 5.52 Å². The topological polar surface area (TPSA) is 4.93 Å². The first-order chi connectivity index (χ1) is 24.4. The lowest BCUT2D eigenvalue weighted by Crippen LogP contribution is -2.14. The molecule has 0 atom stereocenters. The van der Waals surface area contributed by atoms with Crippen molar-refractivity contribution in [2.75, 3.05) is 0 Å². The Labute approximate surface area is 293 Å². The smallest absolute Gasteiger partial charge is 0.0612 e. The van der Waals surface area contributed by atoms with E-state index < -0.39 is 0 Å². The number of aromatic nitrogens is 1. The normalized spacial score (nSPS) is 13.4. The zero-order valence-corrected chi connectivity index (χ0v) is 28.9. The van der Waals surface area contributed by atoms with Crippen LogP contribution in [0.5, 0.6) is 0 Å². The SMILES string of the molecule is Cc1c(C)n(-c2ccc(-c3ccc4c(c3)C(C)(C)c3ccccc3-4)cc2)c2c1ccc1c3cccc(-c4ccc5ccccc5c4)c3ccc12. The zero-order chi connectivity index (χ0) is 33.7. The largest absolute Gasteiger partial charge is 0.313 e. The summed E-state index contributed by atoms with van der Waals surface area (Å²) in [5, 5.41) is 8.99. The molecule has 1 nitrogen and oxygen atoms in total. The molecule has 0 radical (unpaired) electrons. The van der Waals surface area contributed by atoms with E-state index in [-0.39, 0.29) is 5.41 Å². The van der Waals surface area contributed by atoms with Crippen LogP contribution < -0.4 is 0 Å². The summed E-state index contributed by atoms with van der Waals surface area (Å²) < 4.78 is 2.47. The van der Waals surface area contributed by atoms with Crippen molar-refractivity contribution in [1.29, 1.82) is 0 Å². The maximum Gasteiger partial charge on any atom is 0.0612 e. The Morgan fingerprint density at radius 2 is 1.06 bits per heavy atom. The Kier molecular flexibility index (Phi) is 6.12. The number of nitrogens with zero attached hydrogens (tertiary/aromatic N) is 1. The summed E-state index contributed by atoms with van der Waals surface area (Å²) in [6.45, 7) is 9.22. The molecule has 1 heteroatoms. The van der Waals surface area contributed by atoms with Crippen molar-refractivity contribution in [3.05, 3.63) is 174 Å². The van der Waals surface area contributed by atoms with Crippen LogP contribution in [0.4, 0.5) is 0 Å². The molecule has 0 spiro atoms. The molecule has 8 aromatic carbocycles. The fraction of sp³-hybridized carbons (Fsp3) is 0.102. The number of aryl methyl sites for hydroxylation is 1. The first-order valence-corrected chi connectivity index (χ1v) is 17.7. The molecule has 1 heterocycles. The van der Waals surface area contributed by atoms with Crippen molar-refractivity contribution in [2.45, 2.75) is 33.1 Å². The Balaban J connectivity index is 1.09. The van der Waals surface area contributed by atoms with E-state index in [1.807, 2.05) is 0 Å². The van der Waals surface area contributed by atoms with E-state index in [9.17, 15) is 0 Å². The Hall–Kier alpha value is -5.92. The molecule has 0 N–H and O–H groups in total. The van der Waals surface area contributed by atoms with E-state index >= 15 is 0 Å². The van der Waals surface area contributed by atoms with Gasteiger partial charge in [0.25, 0.3) is 0 Å². The summed E-state index contributed by atoms with van der Waals surface area (Å²) in [6, 6.07) is 56.6. The molecule has 0 amide bonds. The van der Waals surface area contributed by atoms with Crippen LogP contribution in [0.15, 0.2) is 152 Å². The molecule has 0 unspecified atom stereocenters. The fourth-order valence-corrected chi connectivity index (χ4v) is 8.85. The number of rotatable bonds is 3. The highest BCUT2D eigenvalue weighted by Crippen LogP contribution is 2.49. The van der Waals surface area contributed by atoms with Crippen molar-refractivity contribution in [3.8, 4) is 39.1 Å². The molecule has 1 aromatic heterocycles. The van der Waals surface area contributed by atoms with Crippen molar-refractivity contribution in [3.63, 3.8) is 0 Å². The van der Waals surface area contributed by atoms with Crippen LogP contribution in [0, 0.1) is 13.8 Å². The molecule has 1 aliphatic rings. The Morgan fingerprint density at radius 3 is 1.92 bits per heavy atom. The average Bonchev–Trinajstić information content (AvgIpc) is 3.56. The molecule has 0 saturated heterocycles. The summed E-state index contributed by atoms with van der Waals surface area (Å²) in [4.78, 5) is 0. The lowest BCUT2D eigenvalue weighted by molar-refractivity contribution is 0.660. The molecule has 1 aliphatic carbocycles. The van der Waals surface area contributed by atoms with E-state index in [4.69, 9.17) is 0 Å². The van der Waals surface area contributed by atoms with Crippen molar-refractivity contribution >= 4 is 43.2 Å². The van der Waals surface area contributed by atoms with Gasteiger partial charge in [0.1, 0.15) is 0 Å². The van der Waals surface area contributed by atoms with Gasteiger partial charge in [-0.25, -0.2) is 0 Å². The van der Waals surface area contributed by atoms with Crippen LogP contribution in [0.25, 0.3) is 82.3 Å². The second kappa shape index (κ2) is 10.5. The molecule has 50 heavy (non-hydrogen) atoms. The van der Waals surface area contributed by atoms with E-state index in [1.165, 1.54) is 105 Å². The van der Waals surface area contributed by atoms with E-state index in [0.717, 1.165) is 0 Å². The first-order valence-electron chi connectivity index (χ1n) is 17.7. The standard InChI is InChI=1S/C49H37N/c1-30-31(2)50(37-21-18-33(19-22-37)35-20-23-44-43-12-7-8-15-46(43)49(3,4)47(44)29-35)48-38(30)24-25-42-40-14-9-13-39(41(40)26-27-45(42)48)36-17-16-32-10-5-6-11-34(32)28-36/h5-29H,1-4H3. The summed E-state index contributed by atoms with van der Waals surface area (Å²) in [6.07, 6.45) is 0. The highest BCUT2D eigenvalue weighted by Gasteiger charge is 2.35. The van der Waals surface area contributed by atoms with Gasteiger partial charge >= 0.3 is 0 Å². The Morgan fingerprint density at radius 1 is 0.420 bits per heavy atom. The second-order valence-corrected chi connectivity index (χ2v) is 14.6. The minimum atomic E-state index is -0.0119. The summed E-state index contributed by atoms with van der Waals surface area (Å²) >= 11 is 0. The quantitative estimate of drug-likeness (QED) is 0.170. The van der Waals surface area contributed by atoms with Gasteiger partial charge in [0, 0.05) is 27.6 Å². The molecule has 0 aliphatic heterocycles. The maximum atomic E-state index is 2.47. The van der Waals surface area contributed by atoms with Crippen LogP contribution in [0.3, 0.4) is 0 Å². The van der Waals surface area contributed by atoms with Crippen molar-refractivity contribution in [2.24, 2.45) is 0 Å². The van der Waals surface area contributed by atoms with Gasteiger partial charge in [-0.3, -0.25) is 0 Å². The summed E-state index contributed by atoms with van der Waals surface area (Å²) in [5.41, 5.74) is 15.6. The number of hydrogen-bond acceptors (Lipinski definition) is 0. The number of benzene rings is 8. The molecule has 0 saturated carbocycles. The number of fused-ring (bicyclic) bond motifs is 9. The predicted octanol–water partition coefficient (Wildman–Crippen LogP) is 13.3. The molecular weight excluding hydrogens is 603 g/mol. The van der Waals surface area contributed by atoms with Crippen molar-refractivity contribution in [1.82, 2.24) is 4.57 Å². The van der Waals surface area contributed by atoms with Gasteiger partial charge in [0.2, 0.25) is 0 Å². The third kappa shape index (κ3) is 4.07. The minimum absolute atomic E-state index is 0.0119. The zero-order valence-electron chi connectivity index (χ0n) is 28.9. The van der Waals surface area contributed by atoms with Crippen LogP contribution in [-0.2, 0) is 5.41 Å². The average molecular weight is 640 g/mol. The molecule has 238 valence electrons. The third-order valence-electron chi connectivity index (χ3n) is 11.6. The summed E-state index contributed by atoms with van der Waals surface area (Å²) in [7, 11) is 0. The predicted molar refractivity (Wildman–Crippen MR) is 214 cm³/mol. The van der Waals surface area contributed by atoms with Crippen LogP contribution >= 0.6 is 0 Å². The van der Waals surface area contributed by atoms with Gasteiger partial charge in [-0.05, 0) is 115 Å². The highest BCUT2D eigenvalue weighted by molar-refractivity contribution is 6.19. The van der Waals surface area contributed by atoms with Crippen LogP contribution in [0.1, 0.15) is 36.2 Å². The van der Waals surface area contributed by atoms with E-state index in [0.29, 0.717) is 0 Å². The summed E-state index contributed by atoms with van der Waals surface area (Å²) in [5.74, 6) is 0. The molecule has 0 bridgehead atoms. The van der Waals surface area contributed by atoms with Gasteiger partial charge in [0.15, 0.2) is 0 Å². The number of hydrogen-bond donors (Lipinski definition) is 0. The lowest BCUT2D eigenvalue weighted by atomic mass is 9.81. The monoisotopic (exact) mass is 639 g/mol. The molecule has 9 aromatic rings. The maximum absolute atomic E-state index is 2.47. The van der Waals surface area contributed by atoms with Crippen LogP contribution in [-0.4, -0.2) is 4.57 Å². The minimum Gasteiger partial charge on any atom is -0.313 e. The van der Waals surface area contributed by atoms with E-state index in [2.05, 4.69) is 184 Å².